The molecule has 1 aliphatic heterocycles. The van der Waals surface area contributed by atoms with E-state index in [4.69, 9.17) is 0 Å². The summed E-state index contributed by atoms with van der Waals surface area (Å²) >= 11 is 0. The van der Waals surface area contributed by atoms with E-state index in [0.717, 1.165) is 24.9 Å². The van der Waals surface area contributed by atoms with Crippen molar-refractivity contribution in [1.29, 1.82) is 0 Å². The molecule has 1 unspecified atom stereocenters. The van der Waals surface area contributed by atoms with Crippen LogP contribution in [0.4, 0.5) is 0 Å². The first-order valence-corrected chi connectivity index (χ1v) is 10.3. The molecule has 5 nitrogen and oxygen atoms in total. The second-order valence-corrected chi connectivity index (χ2v) is 9.33. The second kappa shape index (κ2) is 7.23. The quantitative estimate of drug-likeness (QED) is 0.852. The van der Waals surface area contributed by atoms with Crippen LogP contribution in [0.3, 0.4) is 0 Å². The highest BCUT2D eigenvalue weighted by Crippen LogP contribution is 2.31. The zero-order valence-electron chi connectivity index (χ0n) is 15.0. The first-order chi connectivity index (χ1) is 11.1. The van der Waals surface area contributed by atoms with Crippen LogP contribution < -0.4 is 5.32 Å². The van der Waals surface area contributed by atoms with Crippen LogP contribution in [0.15, 0.2) is 29.2 Å². The molecule has 24 heavy (non-hydrogen) atoms. The van der Waals surface area contributed by atoms with E-state index in [1.54, 1.807) is 12.1 Å². The minimum atomic E-state index is -3.18. The lowest BCUT2D eigenvalue weighted by atomic mass is 9.96. The van der Waals surface area contributed by atoms with Crippen molar-refractivity contribution in [2.24, 2.45) is 5.92 Å². The molecule has 1 aliphatic rings. The fourth-order valence-electron chi connectivity index (χ4n) is 3.08. The van der Waals surface area contributed by atoms with Crippen LogP contribution >= 0.6 is 0 Å². The van der Waals surface area contributed by atoms with Gasteiger partial charge < -0.3 is 5.32 Å². The molecule has 134 valence electrons. The predicted octanol–water partition coefficient (Wildman–Crippen LogP) is 2.22. The number of sulfone groups is 1. The lowest BCUT2D eigenvalue weighted by Crippen LogP contribution is -2.53. The largest absolute Gasteiger partial charge is 0.354 e. The van der Waals surface area contributed by atoms with E-state index in [1.807, 2.05) is 19.1 Å². The smallest absolute Gasteiger partial charge is 0.240 e. The SMILES string of the molecule is CC(C)CNC(=O)C1(C)CCCN1Cc1ccc(S(C)(=O)=O)cc1. The third-order valence-corrected chi connectivity index (χ3v) is 5.80. The summed E-state index contributed by atoms with van der Waals surface area (Å²) in [6.07, 6.45) is 3.05. The third kappa shape index (κ3) is 4.36. The van der Waals surface area contributed by atoms with Crippen LogP contribution in [-0.4, -0.2) is 44.1 Å². The molecule has 0 bridgehead atoms. The average Bonchev–Trinajstić information content (AvgIpc) is 2.87. The van der Waals surface area contributed by atoms with E-state index in [0.29, 0.717) is 23.9 Å². The van der Waals surface area contributed by atoms with Crippen LogP contribution in [0.1, 0.15) is 39.2 Å². The van der Waals surface area contributed by atoms with Gasteiger partial charge in [0.25, 0.3) is 0 Å². The van der Waals surface area contributed by atoms with Gasteiger partial charge in [-0.05, 0) is 49.9 Å². The number of rotatable bonds is 6. The Morgan fingerprint density at radius 3 is 2.46 bits per heavy atom. The van der Waals surface area contributed by atoms with E-state index in [2.05, 4.69) is 24.1 Å². The van der Waals surface area contributed by atoms with Crippen molar-refractivity contribution < 1.29 is 13.2 Å². The van der Waals surface area contributed by atoms with Crippen LogP contribution in [0.2, 0.25) is 0 Å². The van der Waals surface area contributed by atoms with Crippen molar-refractivity contribution in [1.82, 2.24) is 10.2 Å². The van der Waals surface area contributed by atoms with Gasteiger partial charge in [0.15, 0.2) is 9.84 Å². The van der Waals surface area contributed by atoms with E-state index >= 15 is 0 Å². The summed E-state index contributed by atoms with van der Waals surface area (Å²) in [5, 5.41) is 3.05. The molecule has 1 N–H and O–H groups in total. The van der Waals surface area contributed by atoms with Crippen molar-refractivity contribution in [3.63, 3.8) is 0 Å². The summed E-state index contributed by atoms with van der Waals surface area (Å²) in [6.45, 7) is 8.37. The van der Waals surface area contributed by atoms with Gasteiger partial charge in [-0.15, -0.1) is 0 Å². The molecule has 1 aromatic rings. The number of nitrogens with zero attached hydrogens (tertiary/aromatic N) is 1. The number of carbonyl (C=O) groups is 1. The molecule has 1 atom stereocenters. The molecule has 1 heterocycles. The number of nitrogens with one attached hydrogen (secondary N) is 1. The van der Waals surface area contributed by atoms with Gasteiger partial charge in [0.1, 0.15) is 0 Å². The Morgan fingerprint density at radius 2 is 1.92 bits per heavy atom. The van der Waals surface area contributed by atoms with Gasteiger partial charge in [-0.1, -0.05) is 26.0 Å². The maximum Gasteiger partial charge on any atom is 0.240 e. The Labute approximate surface area is 145 Å². The lowest BCUT2D eigenvalue weighted by Gasteiger charge is -2.34. The highest BCUT2D eigenvalue weighted by atomic mass is 32.2. The molecule has 0 aliphatic carbocycles. The number of likely N-dealkylation sites (tertiary alicyclic amines) is 1. The first kappa shape index (κ1) is 18.9. The molecule has 0 saturated carbocycles. The van der Waals surface area contributed by atoms with Crippen LogP contribution in [0, 0.1) is 5.92 Å². The minimum Gasteiger partial charge on any atom is -0.354 e. The molecule has 6 heteroatoms. The Morgan fingerprint density at radius 1 is 1.29 bits per heavy atom. The normalized spacial score (nSPS) is 22.0. The van der Waals surface area contributed by atoms with Gasteiger partial charge in [0.05, 0.1) is 10.4 Å². The number of carbonyl (C=O) groups excluding carboxylic acids is 1. The monoisotopic (exact) mass is 352 g/mol. The van der Waals surface area contributed by atoms with Crippen LogP contribution in [0.5, 0.6) is 0 Å². The van der Waals surface area contributed by atoms with Crippen molar-refractivity contribution in [3.8, 4) is 0 Å². The van der Waals surface area contributed by atoms with E-state index in [9.17, 15) is 13.2 Å². The highest BCUT2D eigenvalue weighted by Gasteiger charge is 2.42. The van der Waals surface area contributed by atoms with Gasteiger partial charge in [-0.2, -0.15) is 0 Å². The van der Waals surface area contributed by atoms with Gasteiger partial charge in [0, 0.05) is 19.3 Å². The highest BCUT2D eigenvalue weighted by molar-refractivity contribution is 7.90. The van der Waals surface area contributed by atoms with Gasteiger partial charge in [-0.3, -0.25) is 9.69 Å². The van der Waals surface area contributed by atoms with Gasteiger partial charge in [0.2, 0.25) is 5.91 Å². The number of amides is 1. The zero-order chi connectivity index (χ0) is 18.0. The molecule has 0 spiro atoms. The summed E-state index contributed by atoms with van der Waals surface area (Å²) in [6, 6.07) is 6.94. The minimum absolute atomic E-state index is 0.0847. The average molecular weight is 352 g/mol. The molecule has 0 aromatic heterocycles. The summed E-state index contributed by atoms with van der Waals surface area (Å²) in [7, 11) is -3.18. The van der Waals surface area contributed by atoms with Crippen LogP contribution in [0.25, 0.3) is 0 Å². The second-order valence-electron chi connectivity index (χ2n) is 7.32. The van der Waals surface area contributed by atoms with E-state index in [-0.39, 0.29) is 5.91 Å². The standard InChI is InChI=1S/C18H28N2O3S/c1-14(2)12-19-17(21)18(3)10-5-11-20(18)13-15-6-8-16(9-7-15)24(4,22)23/h6-9,14H,5,10-13H2,1-4H3,(H,19,21). The van der Waals surface area contributed by atoms with E-state index in [1.165, 1.54) is 6.26 Å². The van der Waals surface area contributed by atoms with Gasteiger partial charge >= 0.3 is 0 Å². The maximum atomic E-state index is 12.6. The van der Waals surface area contributed by atoms with Crippen molar-refractivity contribution in [2.75, 3.05) is 19.3 Å². The maximum absolute atomic E-state index is 12.6. The number of benzene rings is 1. The molecular formula is C18H28N2O3S. The third-order valence-electron chi connectivity index (χ3n) is 4.67. The molecule has 0 radical (unpaired) electrons. The number of hydrogen-bond acceptors (Lipinski definition) is 4. The Bertz CT molecular complexity index is 683. The van der Waals surface area contributed by atoms with Crippen molar-refractivity contribution in [3.05, 3.63) is 29.8 Å². The Kier molecular flexibility index (Phi) is 5.71. The van der Waals surface area contributed by atoms with Crippen LogP contribution in [-0.2, 0) is 21.2 Å². The molecule has 2 rings (SSSR count). The van der Waals surface area contributed by atoms with Crippen molar-refractivity contribution >= 4 is 15.7 Å². The topological polar surface area (TPSA) is 66.5 Å². The molecule has 1 saturated heterocycles. The summed E-state index contributed by atoms with van der Waals surface area (Å²) < 4.78 is 23.1. The summed E-state index contributed by atoms with van der Waals surface area (Å²) in [4.78, 5) is 15.1. The van der Waals surface area contributed by atoms with E-state index < -0.39 is 15.4 Å². The fourth-order valence-corrected chi connectivity index (χ4v) is 3.71. The molecule has 1 aromatic carbocycles. The summed E-state index contributed by atoms with van der Waals surface area (Å²) in [5.74, 6) is 0.511. The molecular weight excluding hydrogens is 324 g/mol. The van der Waals surface area contributed by atoms with Crippen molar-refractivity contribution in [2.45, 2.75) is 50.6 Å². The Balaban J connectivity index is 2.09. The zero-order valence-corrected chi connectivity index (χ0v) is 15.8. The molecule has 1 fully saturated rings. The lowest BCUT2D eigenvalue weighted by molar-refractivity contribution is -0.131. The molecule has 1 amide bonds. The predicted molar refractivity (Wildman–Crippen MR) is 95.4 cm³/mol. The Hall–Kier alpha value is -1.40. The van der Waals surface area contributed by atoms with Gasteiger partial charge in [-0.25, -0.2) is 8.42 Å². The first-order valence-electron chi connectivity index (χ1n) is 8.45. The summed E-state index contributed by atoms with van der Waals surface area (Å²) in [5.41, 5.74) is 0.525. The fraction of sp³-hybridized carbons (Fsp3) is 0.611. The number of hydrogen-bond donors (Lipinski definition) is 1.